The number of nitrogens with one attached hydrogen (secondary N) is 5. The van der Waals surface area contributed by atoms with Crippen LogP contribution in [-0.4, -0.2) is 159 Å². The second-order valence-corrected chi connectivity index (χ2v) is 19.4. The van der Waals surface area contributed by atoms with Crippen molar-refractivity contribution in [3.8, 4) is 11.5 Å². The molecule has 6 rings (SSSR count). The van der Waals surface area contributed by atoms with E-state index < -0.39 is 33.3 Å². The van der Waals surface area contributed by atoms with Gasteiger partial charge in [-0.05, 0) is 85.7 Å². The average Bonchev–Trinajstić information content (AvgIpc) is 3.44. The van der Waals surface area contributed by atoms with Crippen LogP contribution in [0.25, 0.3) is 0 Å². The van der Waals surface area contributed by atoms with Crippen molar-refractivity contribution >= 4 is 92.0 Å². The highest BCUT2D eigenvalue weighted by Crippen LogP contribution is 2.40. The SMILES string of the molecule is C=CC(=O)Cl.C=CC(=O)Nc1cc(Nc2ncnc(Nc3cnc(F)cc3C(C)(C)O)n2)c(OC)cc1N(C)CCN(C)C.COc1cc(N(C)CCN(C)C)c([N+](=O)[O-])cc1Nc1ncnc(Nc2cnc(F)cc2C(C)(C)O)n1. The van der Waals surface area contributed by atoms with Gasteiger partial charge in [-0.3, -0.25) is 19.7 Å². The average molecular weight is 1150 g/mol. The van der Waals surface area contributed by atoms with Crippen LogP contribution in [0.4, 0.5) is 78.1 Å². The van der Waals surface area contributed by atoms with Crippen LogP contribution >= 0.6 is 11.6 Å². The molecule has 7 N–H and O–H groups in total. The van der Waals surface area contributed by atoms with Crippen molar-refractivity contribution < 1.29 is 43.0 Å². The molecular formula is C52H67ClF2N18O8. The van der Waals surface area contributed by atoms with Gasteiger partial charge < -0.3 is 65.9 Å². The maximum atomic E-state index is 13.7. The number of nitro groups is 1. The summed E-state index contributed by atoms with van der Waals surface area (Å²) in [4.78, 5) is 73.2. The van der Waals surface area contributed by atoms with Crippen LogP contribution in [0.5, 0.6) is 11.5 Å². The van der Waals surface area contributed by atoms with Gasteiger partial charge in [-0.1, -0.05) is 13.2 Å². The number of anilines is 11. The first kappa shape index (κ1) is 64.7. The highest BCUT2D eigenvalue weighted by atomic mass is 35.5. The topological polar surface area (TPSA) is 312 Å². The monoisotopic (exact) mass is 1140 g/mol. The summed E-state index contributed by atoms with van der Waals surface area (Å²) < 4.78 is 38.5. The summed E-state index contributed by atoms with van der Waals surface area (Å²) in [5.74, 6) is -0.562. The Morgan fingerprint density at radius 3 is 1.37 bits per heavy atom. The van der Waals surface area contributed by atoms with Crippen molar-refractivity contribution in [2.45, 2.75) is 38.9 Å². The third kappa shape index (κ3) is 19.8. The van der Waals surface area contributed by atoms with Gasteiger partial charge in [0.15, 0.2) is 0 Å². The number of aromatic nitrogens is 8. The lowest BCUT2D eigenvalue weighted by molar-refractivity contribution is -0.384. The zero-order valence-corrected chi connectivity index (χ0v) is 47.7. The van der Waals surface area contributed by atoms with E-state index in [2.05, 4.69) is 84.5 Å². The van der Waals surface area contributed by atoms with Gasteiger partial charge in [0.25, 0.3) is 5.69 Å². The zero-order chi connectivity index (χ0) is 60.4. The van der Waals surface area contributed by atoms with Crippen LogP contribution in [0.2, 0.25) is 0 Å². The van der Waals surface area contributed by atoms with Gasteiger partial charge in [-0.2, -0.15) is 18.7 Å². The second-order valence-electron chi connectivity index (χ2n) is 19.0. The van der Waals surface area contributed by atoms with Crippen LogP contribution in [0.3, 0.4) is 0 Å². The van der Waals surface area contributed by atoms with Gasteiger partial charge >= 0.3 is 0 Å². The van der Waals surface area contributed by atoms with Crippen LogP contribution < -0.4 is 45.9 Å². The predicted octanol–water partition coefficient (Wildman–Crippen LogP) is 7.22. The van der Waals surface area contributed by atoms with Crippen molar-refractivity contribution in [1.29, 1.82) is 0 Å². The predicted molar refractivity (Wildman–Crippen MR) is 308 cm³/mol. The molecule has 0 fully saturated rings. The number of nitro benzene ring substituents is 1. The van der Waals surface area contributed by atoms with E-state index in [1.807, 2.05) is 45.0 Å². The number of amides is 1. The number of hydrogen-bond donors (Lipinski definition) is 7. The number of benzene rings is 2. The molecule has 2 aromatic carbocycles. The highest BCUT2D eigenvalue weighted by molar-refractivity contribution is 6.66. The Labute approximate surface area is 472 Å². The number of aliphatic hydroxyl groups is 2. The lowest BCUT2D eigenvalue weighted by atomic mass is 9.98. The molecule has 0 unspecified atom stereocenters. The van der Waals surface area contributed by atoms with E-state index in [1.54, 1.807) is 30.1 Å². The van der Waals surface area contributed by atoms with Gasteiger partial charge in [-0.15, -0.1) is 0 Å². The molecule has 4 heterocycles. The fourth-order valence-corrected chi connectivity index (χ4v) is 7.04. The molecule has 0 atom stereocenters. The van der Waals surface area contributed by atoms with E-state index in [0.29, 0.717) is 59.6 Å². The maximum absolute atomic E-state index is 13.7. The Kier molecular flexibility index (Phi) is 23.5. The summed E-state index contributed by atoms with van der Waals surface area (Å²) in [6.07, 6.45) is 7.22. The van der Waals surface area contributed by atoms with Crippen molar-refractivity contribution in [2.24, 2.45) is 0 Å². The van der Waals surface area contributed by atoms with E-state index in [1.165, 1.54) is 79.1 Å². The highest BCUT2D eigenvalue weighted by Gasteiger charge is 2.26. The minimum Gasteiger partial charge on any atom is -0.494 e. The number of methoxy groups -OCH3 is 2. The first-order valence-corrected chi connectivity index (χ1v) is 24.7. The molecule has 4 aromatic heterocycles. The number of likely N-dealkylation sites (N-methyl/N-ethyl adjacent to an activating group) is 4. The summed E-state index contributed by atoms with van der Waals surface area (Å²) in [5, 5.41) is 46.9. The molecule has 0 saturated carbocycles. The molecule has 0 radical (unpaired) electrons. The fraction of sp³-hybridized carbons (Fsp3) is 0.346. The smallest absolute Gasteiger partial charge is 0.294 e. The third-order valence-corrected chi connectivity index (χ3v) is 11.3. The standard InChI is InChI=1S/C26H34FN9O3.C23H30FN9O4.C3H3ClO/c1-8-23(37)31-17-12-18(21(39-7)13-20(17)36(6)10-9-35(4)5)32-24-29-15-30-25(34-24)33-19-14-28-22(27)11-16(19)26(2,3)38;1-23(2,34)14-9-20(24)25-12-16(14)29-22-27-13-26-21(30-22)28-15-10-18(33(35)36)17(11-19(15)37-6)32(5)8-7-31(3)4;1-2-3(4)5/h8,11-15,38H,1,9-10H2,2-7H3,(H,31,37)(H2,29,30,32,33,34);9-13,34H,7-8H2,1-6H3,(H2,26,27,28,29,30);2H,1H2. The van der Waals surface area contributed by atoms with E-state index in [9.17, 15) is 38.7 Å². The molecule has 0 spiro atoms. The molecule has 0 bridgehead atoms. The van der Waals surface area contributed by atoms with Crippen molar-refractivity contribution in [3.63, 3.8) is 0 Å². The Hall–Kier alpha value is -8.83. The van der Waals surface area contributed by atoms with Crippen molar-refractivity contribution in [2.75, 3.05) is 119 Å². The molecule has 0 aliphatic carbocycles. The number of carbonyl (C=O) groups excluding carboxylic acids is 2. The molecule has 1 amide bonds. The number of nitrogens with zero attached hydrogens (tertiary/aromatic N) is 13. The van der Waals surface area contributed by atoms with Gasteiger partial charge in [0.1, 0.15) is 29.8 Å². The van der Waals surface area contributed by atoms with Crippen LogP contribution in [0.15, 0.2) is 86.8 Å². The van der Waals surface area contributed by atoms with Gasteiger partial charge in [0.05, 0.1) is 76.9 Å². The molecule has 434 valence electrons. The fourth-order valence-electron chi connectivity index (χ4n) is 7.04. The quantitative estimate of drug-likeness (QED) is 0.0103. The summed E-state index contributed by atoms with van der Waals surface area (Å²) in [7, 11) is 14.5. The number of halogens is 3. The number of rotatable bonds is 24. The summed E-state index contributed by atoms with van der Waals surface area (Å²) in [6.45, 7) is 15.5. The van der Waals surface area contributed by atoms with Crippen molar-refractivity contribution in [1.82, 2.24) is 49.7 Å². The molecule has 0 aliphatic rings. The summed E-state index contributed by atoms with van der Waals surface area (Å²) in [6, 6.07) is 8.71. The summed E-state index contributed by atoms with van der Waals surface area (Å²) >= 11 is 4.71. The van der Waals surface area contributed by atoms with E-state index >= 15 is 0 Å². The van der Waals surface area contributed by atoms with Crippen molar-refractivity contribution in [3.05, 3.63) is 120 Å². The molecule has 29 heteroatoms. The largest absolute Gasteiger partial charge is 0.494 e. The molecule has 81 heavy (non-hydrogen) atoms. The Morgan fingerprint density at radius 1 is 0.630 bits per heavy atom. The molecule has 0 saturated heterocycles. The normalized spacial score (nSPS) is 11.0. The van der Waals surface area contributed by atoms with E-state index in [0.717, 1.165) is 30.4 Å². The number of ether oxygens (including phenoxy) is 2. The first-order valence-electron chi connectivity index (χ1n) is 24.4. The molecule has 0 aliphatic heterocycles. The number of pyridine rings is 2. The Bertz CT molecular complexity index is 3160. The van der Waals surface area contributed by atoms with E-state index in [-0.39, 0.29) is 52.2 Å². The van der Waals surface area contributed by atoms with E-state index in [4.69, 9.17) is 21.1 Å². The van der Waals surface area contributed by atoms with Gasteiger partial charge in [-0.25, -0.2) is 29.9 Å². The van der Waals surface area contributed by atoms with Crippen LogP contribution in [-0.2, 0) is 20.8 Å². The lowest BCUT2D eigenvalue weighted by Gasteiger charge is -2.26. The third-order valence-electron chi connectivity index (χ3n) is 11.2. The minimum atomic E-state index is -1.37. The zero-order valence-electron chi connectivity index (χ0n) is 47.0. The maximum Gasteiger partial charge on any atom is 0.294 e. The Morgan fingerprint density at radius 2 is 1.01 bits per heavy atom. The number of allylic oxidation sites excluding steroid dienone is 1. The molecular weight excluding hydrogens is 1080 g/mol. The van der Waals surface area contributed by atoms with Gasteiger partial charge in [0, 0.05) is 81.7 Å². The van der Waals surface area contributed by atoms with Crippen LogP contribution in [0.1, 0.15) is 38.8 Å². The summed E-state index contributed by atoms with van der Waals surface area (Å²) in [5.41, 5.74) is 0.761. The number of hydrogen-bond acceptors (Lipinski definition) is 24. The molecule has 26 nitrogen and oxygen atoms in total. The number of carbonyl (C=O) groups is 2. The lowest BCUT2D eigenvalue weighted by Crippen LogP contribution is -2.29. The molecule has 6 aromatic rings. The minimum absolute atomic E-state index is 0.0682. The second kappa shape index (κ2) is 29.4. The van der Waals surface area contributed by atoms with Gasteiger partial charge in [0.2, 0.25) is 46.8 Å². The van der Waals surface area contributed by atoms with Crippen LogP contribution in [0, 0.1) is 22.0 Å². The Balaban J connectivity index is 0.000000322. The first-order chi connectivity index (χ1) is 38.1.